The summed E-state index contributed by atoms with van der Waals surface area (Å²) in [6.07, 6.45) is 0. The second-order valence-corrected chi connectivity index (χ2v) is 29.1. The van der Waals surface area contributed by atoms with Crippen molar-refractivity contribution in [2.75, 3.05) is 9.80 Å². The SMILES string of the molecule is Brc1cccc(-c2cc(-c3ccccc3)nc(-c3ccccc3)n2)c1.CC1(C)c2ccccc2N(c2ccccc2)c2ccc(-c3cccc(-c4cc(-c5ccccc5)nc(-c5ccccc5)n4)c3)cc21.CC1(C)c2ccccc2N(c2ccccc2)c2ccc(B3OC(C)(C)C(C)(C)O3)cc21. The highest BCUT2D eigenvalue weighted by Crippen LogP contribution is 2.54. The fourth-order valence-electron chi connectivity index (χ4n) is 14.1. The molecule has 0 atom stereocenters. The normalized spacial score (nSPS) is 14.7. The fraction of sp³-hybridized carbons (Fsp3) is 0.130. The molecule has 0 amide bonds. The van der Waals surface area contributed by atoms with Gasteiger partial charge in [0.1, 0.15) is 0 Å². The van der Waals surface area contributed by atoms with E-state index in [1.54, 1.807) is 0 Å². The summed E-state index contributed by atoms with van der Waals surface area (Å²) >= 11 is 3.54. The summed E-state index contributed by atoms with van der Waals surface area (Å²) in [7, 11) is -0.367. The van der Waals surface area contributed by atoms with Gasteiger partial charge in [0.15, 0.2) is 11.6 Å². The van der Waals surface area contributed by atoms with Gasteiger partial charge in [-0.1, -0.05) is 286 Å². The Balaban J connectivity index is 0.000000131. The lowest BCUT2D eigenvalue weighted by atomic mass is 9.69. The van der Waals surface area contributed by atoms with Crippen LogP contribution in [-0.2, 0) is 20.1 Å². The van der Waals surface area contributed by atoms with Crippen molar-refractivity contribution >= 4 is 62.6 Å². The summed E-state index contributed by atoms with van der Waals surface area (Å²) in [5, 5.41) is 0. The van der Waals surface area contributed by atoms with Crippen molar-refractivity contribution in [2.24, 2.45) is 0 Å². The Morgan fingerprint density at radius 1 is 0.275 bits per heavy atom. The van der Waals surface area contributed by atoms with Crippen LogP contribution in [0, 0.1) is 0 Å². The van der Waals surface area contributed by atoms with E-state index in [0.717, 1.165) is 94.7 Å². The zero-order chi connectivity index (χ0) is 70.2. The van der Waals surface area contributed by atoms with E-state index >= 15 is 0 Å². The predicted molar refractivity (Wildman–Crippen MR) is 426 cm³/mol. The molecule has 0 N–H and O–H groups in total. The standard InChI is InChI=1S/C43H33N3.C27H30BNO2.C22H15BrN2/c1-43(2)36-23-12-13-24-40(36)46(35-21-10-5-11-22-35)41-26-25-33(28-37(41)43)32-19-14-20-34(27-32)39-29-38(30-15-6-3-7-16-30)44-42(45-39)31-17-8-4-9-18-31;1-25(2)21-14-10-11-15-23(21)29(20-12-8-7-9-13-20)24-17-16-19(18-22(24)25)28-30-26(3,4)27(5,6)31-28;23-19-13-7-12-18(14-19)21-15-20(16-8-3-1-4-9-16)24-22(25-21)17-10-5-2-6-11-17/h3-29H,1-2H3;7-18H,1-6H3;1-15H. The fourth-order valence-corrected chi connectivity index (χ4v) is 14.5. The molecule has 0 radical (unpaired) electrons. The molecule has 1 saturated heterocycles. The summed E-state index contributed by atoms with van der Waals surface area (Å²) in [6, 6.07) is 114. The predicted octanol–water partition coefficient (Wildman–Crippen LogP) is 23.6. The van der Waals surface area contributed by atoms with Crippen LogP contribution in [0.25, 0.3) is 78.9 Å². The Kier molecular flexibility index (Phi) is 18.2. The quantitative estimate of drug-likeness (QED) is 0.125. The monoisotopic (exact) mass is 1390 g/mol. The summed E-state index contributed by atoms with van der Waals surface area (Å²) in [5.41, 5.74) is 24.7. The number of benzene rings is 12. The molecule has 3 aliphatic heterocycles. The van der Waals surface area contributed by atoms with Crippen molar-refractivity contribution in [3.63, 3.8) is 0 Å². The maximum Gasteiger partial charge on any atom is 0.494 e. The first-order valence-corrected chi connectivity index (χ1v) is 35.7. The van der Waals surface area contributed by atoms with Gasteiger partial charge in [-0.15, -0.1) is 0 Å². The third-order valence-electron chi connectivity index (χ3n) is 20.3. The molecule has 0 saturated carbocycles. The minimum absolute atomic E-state index is 0.142. The van der Waals surface area contributed by atoms with Gasteiger partial charge in [0.2, 0.25) is 0 Å². The van der Waals surface area contributed by atoms with E-state index in [1.165, 1.54) is 50.6 Å². The van der Waals surface area contributed by atoms with E-state index in [1.807, 2.05) is 91.0 Å². The third-order valence-corrected chi connectivity index (χ3v) is 20.8. The molecule has 2 aromatic heterocycles. The van der Waals surface area contributed by atoms with Gasteiger partial charge in [-0.25, -0.2) is 19.9 Å². The van der Waals surface area contributed by atoms with Crippen LogP contribution in [0.3, 0.4) is 0 Å². The summed E-state index contributed by atoms with van der Waals surface area (Å²) in [5.74, 6) is 1.45. The lowest BCUT2D eigenvalue weighted by molar-refractivity contribution is 0.00578. The first kappa shape index (κ1) is 66.7. The van der Waals surface area contributed by atoms with Gasteiger partial charge >= 0.3 is 7.12 Å². The van der Waals surface area contributed by atoms with E-state index in [0.29, 0.717) is 0 Å². The van der Waals surface area contributed by atoms with Crippen molar-refractivity contribution in [3.8, 4) is 78.9 Å². The smallest absolute Gasteiger partial charge is 0.399 e. The molecule has 498 valence electrons. The second-order valence-electron chi connectivity index (χ2n) is 28.2. The highest BCUT2D eigenvalue weighted by molar-refractivity contribution is 9.10. The number of hydrogen-bond donors (Lipinski definition) is 0. The molecular formula is C92H78BBrN6O2. The van der Waals surface area contributed by atoms with Crippen LogP contribution >= 0.6 is 15.9 Å². The summed E-state index contributed by atoms with van der Waals surface area (Å²) in [6.45, 7) is 17.7. The molecule has 12 aromatic carbocycles. The summed E-state index contributed by atoms with van der Waals surface area (Å²) in [4.78, 5) is 24.4. The van der Waals surface area contributed by atoms with Gasteiger partial charge < -0.3 is 19.1 Å². The van der Waals surface area contributed by atoms with Crippen LogP contribution < -0.4 is 15.3 Å². The molecule has 14 aromatic rings. The first-order chi connectivity index (χ1) is 49.5. The van der Waals surface area contributed by atoms with Crippen molar-refractivity contribution in [3.05, 3.63) is 354 Å². The zero-order valence-electron chi connectivity index (χ0n) is 58.6. The number of rotatable bonds is 10. The van der Waals surface area contributed by atoms with Gasteiger partial charge in [0.25, 0.3) is 0 Å². The van der Waals surface area contributed by atoms with E-state index in [9.17, 15) is 0 Å². The van der Waals surface area contributed by atoms with E-state index in [4.69, 9.17) is 29.2 Å². The van der Waals surface area contributed by atoms with E-state index in [2.05, 4.69) is 318 Å². The van der Waals surface area contributed by atoms with Crippen LogP contribution in [0.4, 0.5) is 34.1 Å². The van der Waals surface area contributed by atoms with Crippen molar-refractivity contribution in [1.29, 1.82) is 0 Å². The Labute approximate surface area is 608 Å². The third kappa shape index (κ3) is 13.2. The molecule has 1 fully saturated rings. The zero-order valence-corrected chi connectivity index (χ0v) is 60.2. The average molecular weight is 1390 g/mol. The molecule has 3 aliphatic rings. The number of para-hydroxylation sites is 4. The number of aromatic nitrogens is 4. The topological polar surface area (TPSA) is 76.5 Å². The first-order valence-electron chi connectivity index (χ1n) is 34.9. The van der Waals surface area contributed by atoms with Crippen LogP contribution in [0.2, 0.25) is 0 Å². The van der Waals surface area contributed by atoms with Crippen LogP contribution in [0.1, 0.15) is 77.6 Å². The molecule has 0 aliphatic carbocycles. The Bertz CT molecular complexity index is 5200. The number of fused-ring (bicyclic) bond motifs is 4. The Morgan fingerprint density at radius 2 is 0.608 bits per heavy atom. The summed E-state index contributed by atoms with van der Waals surface area (Å²) < 4.78 is 13.7. The van der Waals surface area contributed by atoms with Gasteiger partial charge in [0.05, 0.1) is 56.7 Å². The van der Waals surface area contributed by atoms with Gasteiger partial charge in [-0.05, 0) is 151 Å². The largest absolute Gasteiger partial charge is 0.494 e. The molecule has 0 unspecified atom stereocenters. The molecule has 102 heavy (non-hydrogen) atoms. The van der Waals surface area contributed by atoms with Crippen LogP contribution in [-0.4, -0.2) is 38.3 Å². The van der Waals surface area contributed by atoms with Crippen molar-refractivity contribution < 1.29 is 9.31 Å². The van der Waals surface area contributed by atoms with E-state index < -0.39 is 0 Å². The Morgan fingerprint density at radius 3 is 1.06 bits per heavy atom. The number of anilines is 6. The molecular weight excluding hydrogens is 1310 g/mol. The molecule has 10 heteroatoms. The minimum atomic E-state index is -0.367. The number of halogens is 1. The maximum atomic E-state index is 6.35. The number of nitrogens with zero attached hydrogens (tertiary/aromatic N) is 6. The molecule has 17 rings (SSSR count). The highest BCUT2D eigenvalue weighted by atomic mass is 79.9. The van der Waals surface area contributed by atoms with Gasteiger partial charge in [0, 0.05) is 60.1 Å². The molecule has 8 nitrogen and oxygen atoms in total. The molecule has 0 bridgehead atoms. The minimum Gasteiger partial charge on any atom is -0.399 e. The van der Waals surface area contributed by atoms with Crippen molar-refractivity contribution in [2.45, 2.75) is 77.4 Å². The van der Waals surface area contributed by atoms with Gasteiger partial charge in [-0.3, -0.25) is 0 Å². The molecule has 0 spiro atoms. The Hall–Kier alpha value is -11.1. The molecule has 5 heterocycles. The van der Waals surface area contributed by atoms with Crippen LogP contribution in [0.15, 0.2) is 332 Å². The lowest BCUT2D eigenvalue weighted by Gasteiger charge is -2.42. The van der Waals surface area contributed by atoms with Gasteiger partial charge in [-0.2, -0.15) is 0 Å². The number of hydrogen-bond acceptors (Lipinski definition) is 8. The lowest BCUT2D eigenvalue weighted by Crippen LogP contribution is -2.41. The van der Waals surface area contributed by atoms with E-state index in [-0.39, 0.29) is 29.2 Å². The van der Waals surface area contributed by atoms with Crippen molar-refractivity contribution in [1.82, 2.24) is 19.9 Å². The second kappa shape index (κ2) is 27.8. The average Bonchev–Trinajstić information content (AvgIpc) is 0.734. The highest BCUT2D eigenvalue weighted by Gasteiger charge is 2.52. The maximum absolute atomic E-state index is 6.35. The van der Waals surface area contributed by atoms with Crippen LogP contribution in [0.5, 0.6) is 0 Å².